The second-order valence-corrected chi connectivity index (χ2v) is 5.74. The second-order valence-electron chi connectivity index (χ2n) is 5.74. The van der Waals surface area contributed by atoms with Gasteiger partial charge in [0.1, 0.15) is 0 Å². The lowest BCUT2D eigenvalue weighted by Crippen LogP contribution is -2.37. The highest BCUT2D eigenvalue weighted by Gasteiger charge is 2.20. The second kappa shape index (κ2) is 8.10. The molecule has 18 heavy (non-hydrogen) atoms. The topological polar surface area (TPSA) is 44.7 Å². The van der Waals surface area contributed by atoms with Crippen molar-refractivity contribution < 1.29 is 9.84 Å². The number of hydrogen-bond donors (Lipinski definition) is 2. The fourth-order valence-electron chi connectivity index (χ4n) is 2.43. The lowest BCUT2D eigenvalue weighted by Gasteiger charge is -2.19. The Kier molecular flexibility index (Phi) is 6.41. The molecule has 1 saturated heterocycles. The molecule has 2 aliphatic rings. The van der Waals surface area contributed by atoms with Crippen LogP contribution in [-0.4, -0.2) is 62.0 Å². The maximum absolute atomic E-state index is 9.86. The van der Waals surface area contributed by atoms with E-state index in [-0.39, 0.29) is 6.10 Å². The maximum atomic E-state index is 9.86. The Morgan fingerprint density at radius 3 is 2.78 bits per heavy atom. The molecule has 2 fully saturated rings. The van der Waals surface area contributed by atoms with Gasteiger partial charge in [0.2, 0.25) is 0 Å². The van der Waals surface area contributed by atoms with Crippen LogP contribution in [0.5, 0.6) is 0 Å². The SMILES string of the molecule is OC(CNCCCOCC1CC1)CN1CCCC1. The highest BCUT2D eigenvalue weighted by molar-refractivity contribution is 4.72. The van der Waals surface area contributed by atoms with Gasteiger partial charge in [0.05, 0.1) is 6.10 Å². The summed E-state index contributed by atoms with van der Waals surface area (Å²) in [5.74, 6) is 0.861. The smallest absolute Gasteiger partial charge is 0.0791 e. The number of nitrogens with zero attached hydrogens (tertiary/aromatic N) is 1. The summed E-state index contributed by atoms with van der Waals surface area (Å²) in [6.45, 7) is 6.60. The normalized spacial score (nSPS) is 22.5. The van der Waals surface area contributed by atoms with E-state index in [9.17, 15) is 5.11 Å². The van der Waals surface area contributed by atoms with Gasteiger partial charge in [0.15, 0.2) is 0 Å². The fourth-order valence-corrected chi connectivity index (χ4v) is 2.43. The Hall–Kier alpha value is -0.160. The molecule has 0 amide bonds. The van der Waals surface area contributed by atoms with Crippen molar-refractivity contribution in [3.63, 3.8) is 0 Å². The molecule has 2 N–H and O–H groups in total. The monoisotopic (exact) mass is 256 g/mol. The van der Waals surface area contributed by atoms with Gasteiger partial charge in [-0.15, -0.1) is 0 Å². The van der Waals surface area contributed by atoms with Gasteiger partial charge in [-0.3, -0.25) is 0 Å². The summed E-state index contributed by atoms with van der Waals surface area (Å²) in [4.78, 5) is 2.35. The average Bonchev–Trinajstić information content (AvgIpc) is 3.04. The van der Waals surface area contributed by atoms with Crippen LogP contribution in [0.25, 0.3) is 0 Å². The van der Waals surface area contributed by atoms with Crippen molar-refractivity contribution >= 4 is 0 Å². The molecule has 1 aliphatic heterocycles. The van der Waals surface area contributed by atoms with E-state index in [2.05, 4.69) is 10.2 Å². The Morgan fingerprint density at radius 1 is 1.28 bits per heavy atom. The first-order valence-electron chi connectivity index (χ1n) is 7.53. The fraction of sp³-hybridized carbons (Fsp3) is 1.00. The Bertz CT molecular complexity index is 216. The quantitative estimate of drug-likeness (QED) is 0.569. The molecular formula is C14H28N2O2. The zero-order chi connectivity index (χ0) is 12.6. The van der Waals surface area contributed by atoms with Gasteiger partial charge in [-0.1, -0.05) is 0 Å². The third kappa shape index (κ3) is 6.14. The first-order valence-corrected chi connectivity index (χ1v) is 7.53. The van der Waals surface area contributed by atoms with Crippen LogP contribution >= 0.6 is 0 Å². The van der Waals surface area contributed by atoms with E-state index < -0.39 is 0 Å². The van der Waals surface area contributed by atoms with Crippen molar-refractivity contribution in [2.75, 3.05) is 45.9 Å². The van der Waals surface area contributed by atoms with Crippen LogP contribution in [0.15, 0.2) is 0 Å². The number of hydrogen-bond acceptors (Lipinski definition) is 4. The van der Waals surface area contributed by atoms with Gasteiger partial charge in [-0.25, -0.2) is 0 Å². The van der Waals surface area contributed by atoms with Crippen molar-refractivity contribution in [3.8, 4) is 0 Å². The molecule has 1 heterocycles. The summed E-state index contributed by atoms with van der Waals surface area (Å²) < 4.78 is 5.56. The molecule has 0 aromatic rings. The first kappa shape index (κ1) is 14.3. The van der Waals surface area contributed by atoms with Gasteiger partial charge in [0.25, 0.3) is 0 Å². The van der Waals surface area contributed by atoms with E-state index >= 15 is 0 Å². The van der Waals surface area contributed by atoms with Crippen molar-refractivity contribution in [2.24, 2.45) is 5.92 Å². The minimum absolute atomic E-state index is 0.226. The number of ether oxygens (including phenoxy) is 1. The summed E-state index contributed by atoms with van der Waals surface area (Å²) in [6.07, 6.45) is 6.12. The number of aliphatic hydroxyl groups excluding tert-OH is 1. The van der Waals surface area contributed by atoms with Crippen LogP contribution < -0.4 is 5.32 Å². The number of rotatable bonds is 10. The van der Waals surface area contributed by atoms with Crippen LogP contribution in [-0.2, 0) is 4.74 Å². The van der Waals surface area contributed by atoms with E-state index in [4.69, 9.17) is 4.74 Å². The molecule has 4 heteroatoms. The molecular weight excluding hydrogens is 228 g/mol. The standard InChI is InChI=1S/C14H28N2O2/c17-14(11-16-7-1-2-8-16)10-15-6-3-9-18-12-13-4-5-13/h13-15,17H,1-12H2. The number of nitrogens with one attached hydrogen (secondary N) is 1. The predicted molar refractivity (Wildman–Crippen MR) is 72.7 cm³/mol. The molecule has 0 aromatic heterocycles. The van der Waals surface area contributed by atoms with Crippen LogP contribution in [0, 0.1) is 5.92 Å². The molecule has 0 spiro atoms. The van der Waals surface area contributed by atoms with Gasteiger partial charge in [-0.2, -0.15) is 0 Å². The van der Waals surface area contributed by atoms with E-state index in [0.29, 0.717) is 6.54 Å². The molecule has 1 unspecified atom stereocenters. The molecule has 4 nitrogen and oxygen atoms in total. The van der Waals surface area contributed by atoms with E-state index in [1.165, 1.54) is 25.7 Å². The minimum atomic E-state index is -0.226. The van der Waals surface area contributed by atoms with Gasteiger partial charge >= 0.3 is 0 Å². The summed E-state index contributed by atoms with van der Waals surface area (Å²) in [5, 5.41) is 13.2. The highest BCUT2D eigenvalue weighted by atomic mass is 16.5. The molecule has 0 aromatic carbocycles. The third-order valence-corrected chi connectivity index (χ3v) is 3.74. The van der Waals surface area contributed by atoms with Gasteiger partial charge in [0, 0.05) is 26.3 Å². The minimum Gasteiger partial charge on any atom is -0.390 e. The maximum Gasteiger partial charge on any atom is 0.0791 e. The summed E-state index contributed by atoms with van der Waals surface area (Å²) in [7, 11) is 0. The van der Waals surface area contributed by atoms with Crippen LogP contribution in [0.4, 0.5) is 0 Å². The van der Waals surface area contributed by atoms with Crippen molar-refractivity contribution in [1.29, 1.82) is 0 Å². The van der Waals surface area contributed by atoms with E-state index in [0.717, 1.165) is 51.7 Å². The van der Waals surface area contributed by atoms with Crippen molar-refractivity contribution in [2.45, 2.75) is 38.2 Å². The third-order valence-electron chi connectivity index (χ3n) is 3.74. The van der Waals surface area contributed by atoms with Crippen LogP contribution in [0.2, 0.25) is 0 Å². The zero-order valence-corrected chi connectivity index (χ0v) is 11.4. The number of β-amino-alcohol motifs (C(OH)–C–C–N with tert-alkyl or cyclic N) is 1. The van der Waals surface area contributed by atoms with Crippen LogP contribution in [0.1, 0.15) is 32.1 Å². The number of aliphatic hydroxyl groups is 1. The lowest BCUT2D eigenvalue weighted by atomic mass is 10.3. The predicted octanol–water partition coefficient (Wildman–Crippen LogP) is 0.849. The van der Waals surface area contributed by atoms with Crippen molar-refractivity contribution in [3.05, 3.63) is 0 Å². The molecule has 1 atom stereocenters. The molecule has 1 saturated carbocycles. The summed E-state index contributed by atoms with van der Waals surface area (Å²) in [6, 6.07) is 0. The summed E-state index contributed by atoms with van der Waals surface area (Å²) >= 11 is 0. The Labute approximate surface area is 111 Å². The van der Waals surface area contributed by atoms with Crippen LogP contribution in [0.3, 0.4) is 0 Å². The molecule has 0 bridgehead atoms. The molecule has 106 valence electrons. The van der Waals surface area contributed by atoms with Gasteiger partial charge in [-0.05, 0) is 57.7 Å². The van der Waals surface area contributed by atoms with E-state index in [1.54, 1.807) is 0 Å². The molecule has 0 radical (unpaired) electrons. The average molecular weight is 256 g/mol. The highest BCUT2D eigenvalue weighted by Crippen LogP contribution is 2.28. The zero-order valence-electron chi connectivity index (χ0n) is 11.4. The number of likely N-dealkylation sites (tertiary alicyclic amines) is 1. The largest absolute Gasteiger partial charge is 0.390 e. The van der Waals surface area contributed by atoms with Gasteiger partial charge < -0.3 is 20.1 Å². The lowest BCUT2D eigenvalue weighted by molar-refractivity contribution is 0.113. The Balaban J connectivity index is 1.35. The Morgan fingerprint density at radius 2 is 2.06 bits per heavy atom. The molecule has 2 rings (SSSR count). The first-order chi connectivity index (χ1) is 8.84. The molecule has 1 aliphatic carbocycles. The van der Waals surface area contributed by atoms with Crippen molar-refractivity contribution in [1.82, 2.24) is 10.2 Å². The van der Waals surface area contributed by atoms with E-state index in [1.807, 2.05) is 0 Å². The summed E-state index contributed by atoms with van der Waals surface area (Å²) in [5.41, 5.74) is 0.